The molecule has 21 heavy (non-hydrogen) atoms. The van der Waals surface area contributed by atoms with E-state index in [2.05, 4.69) is 32.9 Å². The SMILES string of the molecule is CC.CC.CCCCc1cc([SH+]CC)cc(CCC)c1O. The Bertz CT molecular complexity index is 348. The molecule has 2 heteroatoms. The van der Waals surface area contributed by atoms with E-state index in [4.69, 9.17) is 0 Å². The minimum Gasteiger partial charge on any atom is -0.507 e. The second-order valence-electron chi connectivity index (χ2n) is 4.44. The van der Waals surface area contributed by atoms with Crippen LogP contribution in [0.2, 0.25) is 0 Å². The summed E-state index contributed by atoms with van der Waals surface area (Å²) >= 11 is 1.37. The Kier molecular flexibility index (Phi) is 17.0. The number of hydrogen-bond donors (Lipinski definition) is 1. The summed E-state index contributed by atoms with van der Waals surface area (Å²) in [4.78, 5) is 1.36. The fraction of sp³-hybridized carbons (Fsp3) is 0.684. The second-order valence-corrected chi connectivity index (χ2v) is 5.91. The molecule has 1 rings (SSSR count). The van der Waals surface area contributed by atoms with E-state index in [1.807, 2.05) is 27.7 Å². The highest BCUT2D eigenvalue weighted by Crippen LogP contribution is 2.28. The van der Waals surface area contributed by atoms with Gasteiger partial charge in [-0.1, -0.05) is 54.4 Å². The van der Waals surface area contributed by atoms with Gasteiger partial charge in [0.1, 0.15) is 11.5 Å². The lowest BCUT2D eigenvalue weighted by molar-refractivity contribution is 0.458. The normalized spacial score (nSPS) is 9.29. The lowest BCUT2D eigenvalue weighted by atomic mass is 10.0. The van der Waals surface area contributed by atoms with Crippen LogP contribution in [-0.2, 0) is 24.6 Å². The highest BCUT2D eigenvalue weighted by molar-refractivity contribution is 7.78. The van der Waals surface area contributed by atoms with E-state index < -0.39 is 0 Å². The molecular formula is C19H37OS+. The summed E-state index contributed by atoms with van der Waals surface area (Å²) in [5.74, 6) is 1.69. The van der Waals surface area contributed by atoms with Gasteiger partial charge in [-0.15, -0.1) is 0 Å². The molecule has 0 saturated carbocycles. The van der Waals surface area contributed by atoms with Gasteiger partial charge in [0.25, 0.3) is 0 Å². The van der Waals surface area contributed by atoms with Gasteiger partial charge in [0.05, 0.1) is 0 Å². The van der Waals surface area contributed by atoms with Crippen molar-refractivity contribution in [2.24, 2.45) is 0 Å². The number of phenols is 1. The summed E-state index contributed by atoms with van der Waals surface area (Å²) in [7, 11) is 0. The summed E-state index contributed by atoms with van der Waals surface area (Å²) in [5, 5.41) is 10.2. The van der Waals surface area contributed by atoms with Crippen LogP contribution in [0.25, 0.3) is 0 Å². The molecule has 0 aliphatic heterocycles. The van der Waals surface area contributed by atoms with Crippen LogP contribution in [0.5, 0.6) is 5.75 Å². The Morgan fingerprint density at radius 3 is 1.81 bits per heavy atom. The van der Waals surface area contributed by atoms with Crippen LogP contribution in [0.3, 0.4) is 0 Å². The fourth-order valence-electron chi connectivity index (χ4n) is 2.03. The van der Waals surface area contributed by atoms with Gasteiger partial charge in [-0.3, -0.25) is 0 Å². The van der Waals surface area contributed by atoms with Crippen molar-refractivity contribution in [1.82, 2.24) is 0 Å². The molecule has 0 unspecified atom stereocenters. The summed E-state index contributed by atoms with van der Waals surface area (Å²) in [5.41, 5.74) is 2.28. The van der Waals surface area contributed by atoms with Gasteiger partial charge in [0.15, 0.2) is 4.90 Å². The Morgan fingerprint density at radius 1 is 0.857 bits per heavy atom. The van der Waals surface area contributed by atoms with Crippen LogP contribution in [-0.4, -0.2) is 10.9 Å². The smallest absolute Gasteiger partial charge is 0.153 e. The number of benzene rings is 1. The molecule has 0 bridgehead atoms. The Labute approximate surface area is 137 Å². The molecule has 1 aromatic rings. The van der Waals surface area contributed by atoms with Crippen LogP contribution in [0.1, 0.15) is 78.9 Å². The molecular weight excluding hydrogens is 276 g/mol. The molecule has 0 radical (unpaired) electrons. The average Bonchev–Trinajstić information content (AvgIpc) is 2.53. The third-order valence-electron chi connectivity index (χ3n) is 2.91. The first-order chi connectivity index (χ1) is 10.2. The van der Waals surface area contributed by atoms with Crippen molar-refractivity contribution in [2.45, 2.75) is 85.5 Å². The maximum Gasteiger partial charge on any atom is 0.153 e. The summed E-state index contributed by atoms with van der Waals surface area (Å²) in [6.45, 7) is 14.5. The molecule has 0 amide bonds. The maximum atomic E-state index is 10.2. The van der Waals surface area contributed by atoms with Crippen molar-refractivity contribution < 1.29 is 5.11 Å². The van der Waals surface area contributed by atoms with Crippen LogP contribution in [0, 0.1) is 0 Å². The number of unbranched alkanes of at least 4 members (excludes halogenated alkanes) is 1. The number of aromatic hydroxyl groups is 1. The number of aryl methyl sites for hydroxylation is 2. The zero-order valence-electron chi connectivity index (χ0n) is 15.3. The van der Waals surface area contributed by atoms with Crippen LogP contribution in [0.15, 0.2) is 17.0 Å². The van der Waals surface area contributed by atoms with E-state index in [0.29, 0.717) is 5.75 Å². The number of thiol groups is 1. The van der Waals surface area contributed by atoms with E-state index in [-0.39, 0.29) is 0 Å². The molecule has 124 valence electrons. The van der Waals surface area contributed by atoms with Gasteiger partial charge in [0, 0.05) is 11.8 Å². The lowest BCUT2D eigenvalue weighted by Crippen LogP contribution is -1.96. The number of hydrogen-bond acceptors (Lipinski definition) is 1. The summed E-state index contributed by atoms with van der Waals surface area (Å²) < 4.78 is 0. The molecule has 0 atom stereocenters. The molecule has 1 aromatic carbocycles. The minimum atomic E-state index is 0.551. The van der Waals surface area contributed by atoms with Crippen molar-refractivity contribution in [3.8, 4) is 5.75 Å². The van der Waals surface area contributed by atoms with Gasteiger partial charge >= 0.3 is 0 Å². The largest absolute Gasteiger partial charge is 0.507 e. The van der Waals surface area contributed by atoms with E-state index >= 15 is 0 Å². The van der Waals surface area contributed by atoms with Gasteiger partial charge < -0.3 is 5.11 Å². The Balaban J connectivity index is 0. The molecule has 0 heterocycles. The highest BCUT2D eigenvalue weighted by Gasteiger charge is 2.12. The van der Waals surface area contributed by atoms with Crippen LogP contribution in [0.4, 0.5) is 0 Å². The monoisotopic (exact) mass is 313 g/mol. The zero-order chi connectivity index (χ0) is 16.7. The standard InChI is InChI=1S/C15H24OS.2C2H6/c1-4-7-9-13-11-14(17-6-3)10-12(8-5-2)15(13)16;2*1-2/h10-11,16H,4-9H2,1-3H3;2*1-2H3/p+1. The fourth-order valence-corrected chi connectivity index (χ4v) is 2.89. The maximum absolute atomic E-state index is 10.2. The molecule has 0 aliphatic carbocycles. The third-order valence-corrected chi connectivity index (χ3v) is 3.85. The molecule has 1 N–H and O–H groups in total. The summed E-state index contributed by atoms with van der Waals surface area (Å²) in [6.07, 6.45) is 5.42. The van der Waals surface area contributed by atoms with Crippen LogP contribution < -0.4 is 0 Å². The van der Waals surface area contributed by atoms with Crippen molar-refractivity contribution in [2.75, 3.05) is 5.75 Å². The lowest BCUT2D eigenvalue weighted by Gasteiger charge is -2.09. The highest BCUT2D eigenvalue weighted by atomic mass is 32.2. The minimum absolute atomic E-state index is 0.551. The van der Waals surface area contributed by atoms with Gasteiger partial charge in [0.2, 0.25) is 0 Å². The van der Waals surface area contributed by atoms with Crippen molar-refractivity contribution in [3.05, 3.63) is 23.3 Å². The van der Waals surface area contributed by atoms with E-state index in [9.17, 15) is 5.11 Å². The zero-order valence-corrected chi connectivity index (χ0v) is 16.2. The molecule has 0 fully saturated rings. The van der Waals surface area contributed by atoms with Crippen molar-refractivity contribution in [3.63, 3.8) is 0 Å². The third kappa shape index (κ3) is 9.08. The molecule has 1 nitrogen and oxygen atoms in total. The molecule has 0 aliphatic rings. The first-order valence-corrected chi connectivity index (χ1v) is 9.83. The average molecular weight is 314 g/mol. The first-order valence-electron chi connectivity index (χ1n) is 8.75. The van der Waals surface area contributed by atoms with Crippen LogP contribution >= 0.6 is 0 Å². The van der Waals surface area contributed by atoms with E-state index in [1.54, 1.807) is 0 Å². The van der Waals surface area contributed by atoms with E-state index in [0.717, 1.165) is 42.6 Å². The van der Waals surface area contributed by atoms with Gasteiger partial charge in [-0.05, 0) is 49.4 Å². The number of phenolic OH excluding ortho intramolecular Hbond substituents is 1. The first kappa shape index (κ1) is 22.6. The molecule has 0 aromatic heterocycles. The van der Waals surface area contributed by atoms with Crippen molar-refractivity contribution >= 4 is 11.8 Å². The molecule has 0 spiro atoms. The summed E-state index contributed by atoms with van der Waals surface area (Å²) in [6, 6.07) is 4.37. The Hall–Kier alpha value is -0.630. The van der Waals surface area contributed by atoms with Gasteiger partial charge in [-0.25, -0.2) is 0 Å². The Morgan fingerprint density at radius 2 is 1.38 bits per heavy atom. The molecule has 0 saturated heterocycles. The van der Waals surface area contributed by atoms with Gasteiger partial charge in [-0.2, -0.15) is 0 Å². The number of rotatable bonds is 7. The van der Waals surface area contributed by atoms with E-state index in [1.165, 1.54) is 23.1 Å². The predicted octanol–water partition coefficient (Wildman–Crippen LogP) is 5.93. The second kappa shape index (κ2) is 15.8. The predicted molar refractivity (Wildman–Crippen MR) is 101 cm³/mol. The quantitative estimate of drug-likeness (QED) is 0.488. The van der Waals surface area contributed by atoms with Crippen molar-refractivity contribution in [1.29, 1.82) is 0 Å². The topological polar surface area (TPSA) is 20.2 Å².